The number of anilines is 2. The first-order chi connectivity index (χ1) is 17.4. The van der Waals surface area contributed by atoms with Crippen molar-refractivity contribution in [2.24, 2.45) is 0 Å². The lowest BCUT2D eigenvalue weighted by molar-refractivity contribution is -0.114. The molecule has 0 atom stereocenters. The molecule has 2 aromatic carbocycles. The van der Waals surface area contributed by atoms with E-state index in [1.807, 2.05) is 19.1 Å². The predicted octanol–water partition coefficient (Wildman–Crippen LogP) is 3.32. The fraction of sp³-hybridized carbons (Fsp3) is 0.231. The largest absolute Gasteiger partial charge is 0.496 e. The minimum atomic E-state index is -0.760. The molecule has 4 rings (SSSR count). The number of nitrogens with one attached hydrogen (secondary N) is 1. The van der Waals surface area contributed by atoms with Gasteiger partial charge in [0.25, 0.3) is 11.5 Å². The molecule has 0 saturated carbocycles. The zero-order valence-electron chi connectivity index (χ0n) is 20.1. The number of ether oxygens (including phenoxy) is 1. The second kappa shape index (κ2) is 10.8. The highest BCUT2D eigenvalue weighted by Crippen LogP contribution is 2.25. The third kappa shape index (κ3) is 5.07. The van der Waals surface area contributed by atoms with Crippen molar-refractivity contribution in [1.82, 2.24) is 14.5 Å². The van der Waals surface area contributed by atoms with E-state index in [1.54, 1.807) is 36.4 Å². The molecule has 186 valence electrons. The van der Waals surface area contributed by atoms with Crippen molar-refractivity contribution in [3.05, 3.63) is 86.9 Å². The SMILES string of the molecule is CCCCn1c(N)c(N(Cc2ccccc2OC)C(=O)/C=C/c2nc3ccccc3o2)c(=O)[nH]c1=O. The fourth-order valence-corrected chi connectivity index (χ4v) is 3.84. The van der Waals surface area contributed by atoms with E-state index >= 15 is 0 Å². The Kier molecular flexibility index (Phi) is 7.33. The summed E-state index contributed by atoms with van der Waals surface area (Å²) in [5.74, 6) is 0.126. The Balaban J connectivity index is 1.78. The summed E-state index contributed by atoms with van der Waals surface area (Å²) in [6, 6.07) is 14.4. The average Bonchev–Trinajstić information content (AvgIpc) is 3.30. The second-order valence-electron chi connectivity index (χ2n) is 8.09. The molecular formula is C26H27N5O5. The van der Waals surface area contributed by atoms with E-state index in [9.17, 15) is 14.4 Å². The van der Waals surface area contributed by atoms with Gasteiger partial charge in [-0.2, -0.15) is 0 Å². The Hall–Kier alpha value is -4.60. The van der Waals surface area contributed by atoms with E-state index in [1.165, 1.54) is 28.7 Å². The number of nitrogens with two attached hydrogens (primary N) is 1. The van der Waals surface area contributed by atoms with Gasteiger partial charge in [-0.1, -0.05) is 43.7 Å². The summed E-state index contributed by atoms with van der Waals surface area (Å²) in [5, 5.41) is 0. The molecule has 2 aromatic heterocycles. The molecule has 2 heterocycles. The van der Waals surface area contributed by atoms with Gasteiger partial charge in [-0.3, -0.25) is 24.0 Å². The van der Waals surface area contributed by atoms with Crippen LogP contribution in [0.4, 0.5) is 11.5 Å². The number of carbonyl (C=O) groups is 1. The van der Waals surface area contributed by atoms with Gasteiger partial charge in [0.2, 0.25) is 5.89 Å². The number of fused-ring (bicyclic) bond motifs is 1. The Morgan fingerprint density at radius 1 is 1.19 bits per heavy atom. The number of amides is 1. The maximum absolute atomic E-state index is 13.5. The Bertz CT molecular complexity index is 1500. The summed E-state index contributed by atoms with van der Waals surface area (Å²) in [6.45, 7) is 2.25. The van der Waals surface area contributed by atoms with Crippen LogP contribution in [0.5, 0.6) is 5.75 Å². The number of benzene rings is 2. The van der Waals surface area contributed by atoms with E-state index in [2.05, 4.69) is 9.97 Å². The molecule has 3 N–H and O–H groups in total. The average molecular weight is 490 g/mol. The first-order valence-corrected chi connectivity index (χ1v) is 11.5. The molecule has 0 fully saturated rings. The van der Waals surface area contributed by atoms with Crippen LogP contribution in [0.3, 0.4) is 0 Å². The molecule has 0 saturated heterocycles. The van der Waals surface area contributed by atoms with Crippen LogP contribution in [-0.4, -0.2) is 27.6 Å². The molecule has 0 aliphatic rings. The Morgan fingerprint density at radius 2 is 1.94 bits per heavy atom. The van der Waals surface area contributed by atoms with Crippen molar-refractivity contribution in [3.8, 4) is 5.75 Å². The van der Waals surface area contributed by atoms with Gasteiger partial charge < -0.3 is 14.9 Å². The lowest BCUT2D eigenvalue weighted by Gasteiger charge is -2.24. The standard InChI is InChI=1S/C26H27N5O5/c1-3-4-15-30-24(27)23(25(33)29-26(30)34)31(16-17-9-5-7-11-19(17)35-2)22(32)14-13-21-28-18-10-6-8-12-20(18)36-21/h5-14H,3-4,15-16,27H2,1-2H3,(H,29,33,34)/b14-13+. The molecule has 10 nitrogen and oxygen atoms in total. The summed E-state index contributed by atoms with van der Waals surface area (Å²) >= 11 is 0. The van der Waals surface area contributed by atoms with Crippen LogP contribution in [0.15, 0.2) is 68.6 Å². The van der Waals surface area contributed by atoms with Crippen LogP contribution < -0.4 is 26.6 Å². The third-order valence-electron chi connectivity index (χ3n) is 5.69. The van der Waals surface area contributed by atoms with Crippen molar-refractivity contribution in [3.63, 3.8) is 0 Å². The summed E-state index contributed by atoms with van der Waals surface area (Å²) in [6.07, 6.45) is 4.17. The molecule has 0 unspecified atom stereocenters. The summed E-state index contributed by atoms with van der Waals surface area (Å²) in [4.78, 5) is 46.7. The van der Waals surface area contributed by atoms with Gasteiger partial charge in [0.1, 0.15) is 17.1 Å². The normalized spacial score (nSPS) is 11.3. The highest BCUT2D eigenvalue weighted by atomic mass is 16.5. The number of nitrogens with zero attached hydrogens (tertiary/aromatic N) is 3. The Labute approximate surface area is 206 Å². The maximum Gasteiger partial charge on any atom is 0.330 e. The molecule has 0 aliphatic heterocycles. The number of para-hydroxylation sites is 3. The molecule has 36 heavy (non-hydrogen) atoms. The van der Waals surface area contributed by atoms with Crippen LogP contribution >= 0.6 is 0 Å². The van der Waals surface area contributed by atoms with E-state index in [0.29, 0.717) is 35.4 Å². The van der Waals surface area contributed by atoms with Crippen molar-refractivity contribution in [2.75, 3.05) is 17.7 Å². The quantitative estimate of drug-likeness (QED) is 0.344. The van der Waals surface area contributed by atoms with E-state index in [-0.39, 0.29) is 23.9 Å². The number of H-pyrrole nitrogens is 1. The zero-order valence-corrected chi connectivity index (χ0v) is 20.1. The van der Waals surface area contributed by atoms with Crippen molar-refractivity contribution < 1.29 is 13.9 Å². The molecular weight excluding hydrogens is 462 g/mol. The number of hydrogen-bond donors (Lipinski definition) is 2. The number of hydrogen-bond acceptors (Lipinski definition) is 7. The number of oxazole rings is 1. The first-order valence-electron chi connectivity index (χ1n) is 11.5. The van der Waals surface area contributed by atoms with Crippen LogP contribution in [-0.2, 0) is 17.9 Å². The van der Waals surface area contributed by atoms with Gasteiger partial charge in [0, 0.05) is 24.3 Å². The number of nitrogen functional groups attached to an aromatic ring is 1. The number of carbonyl (C=O) groups excluding carboxylic acids is 1. The molecule has 0 spiro atoms. The summed E-state index contributed by atoms with van der Waals surface area (Å²) in [7, 11) is 1.52. The Morgan fingerprint density at radius 3 is 2.69 bits per heavy atom. The van der Waals surface area contributed by atoms with Gasteiger partial charge in [0.05, 0.1) is 13.7 Å². The van der Waals surface area contributed by atoms with E-state index in [0.717, 1.165) is 6.42 Å². The van der Waals surface area contributed by atoms with Gasteiger partial charge in [0.15, 0.2) is 11.3 Å². The van der Waals surface area contributed by atoms with Gasteiger partial charge in [-0.05, 0) is 24.6 Å². The number of unbranched alkanes of at least 4 members (excludes halogenated alkanes) is 1. The number of aromatic nitrogens is 3. The molecule has 1 amide bonds. The molecule has 0 aliphatic carbocycles. The minimum absolute atomic E-state index is 0.0278. The minimum Gasteiger partial charge on any atom is -0.496 e. The topological polar surface area (TPSA) is 136 Å². The summed E-state index contributed by atoms with van der Waals surface area (Å²) in [5.41, 5.74) is 6.69. The number of rotatable bonds is 9. The lowest BCUT2D eigenvalue weighted by Crippen LogP contribution is -2.40. The number of methoxy groups -OCH3 is 1. The molecule has 0 bridgehead atoms. The monoisotopic (exact) mass is 489 g/mol. The van der Waals surface area contributed by atoms with Crippen molar-refractivity contribution in [1.29, 1.82) is 0 Å². The third-order valence-corrected chi connectivity index (χ3v) is 5.69. The first kappa shape index (κ1) is 24.5. The number of aromatic amines is 1. The highest BCUT2D eigenvalue weighted by Gasteiger charge is 2.24. The predicted molar refractivity (Wildman–Crippen MR) is 138 cm³/mol. The van der Waals surface area contributed by atoms with Gasteiger partial charge >= 0.3 is 5.69 Å². The second-order valence-corrected chi connectivity index (χ2v) is 8.09. The van der Waals surface area contributed by atoms with Gasteiger partial charge in [-0.25, -0.2) is 9.78 Å². The fourth-order valence-electron chi connectivity index (χ4n) is 3.84. The van der Waals surface area contributed by atoms with Crippen LogP contribution in [0.2, 0.25) is 0 Å². The lowest BCUT2D eigenvalue weighted by atomic mass is 10.1. The van der Waals surface area contributed by atoms with Crippen LogP contribution in [0.25, 0.3) is 17.2 Å². The molecule has 4 aromatic rings. The van der Waals surface area contributed by atoms with Crippen molar-refractivity contribution in [2.45, 2.75) is 32.9 Å². The maximum atomic E-state index is 13.5. The van der Waals surface area contributed by atoms with E-state index < -0.39 is 17.2 Å². The van der Waals surface area contributed by atoms with Gasteiger partial charge in [-0.15, -0.1) is 0 Å². The van der Waals surface area contributed by atoms with Crippen molar-refractivity contribution >= 4 is 34.6 Å². The summed E-state index contributed by atoms with van der Waals surface area (Å²) < 4.78 is 12.4. The van der Waals surface area contributed by atoms with Crippen LogP contribution in [0, 0.1) is 0 Å². The molecule has 10 heteroatoms. The smallest absolute Gasteiger partial charge is 0.330 e. The molecule has 0 radical (unpaired) electrons. The van der Waals surface area contributed by atoms with E-state index in [4.69, 9.17) is 14.9 Å². The highest BCUT2D eigenvalue weighted by molar-refractivity contribution is 6.05. The van der Waals surface area contributed by atoms with Crippen LogP contribution in [0.1, 0.15) is 31.2 Å². The zero-order chi connectivity index (χ0) is 25.7.